The molecular weight excluding hydrogens is 392 g/mol. The van der Waals surface area contributed by atoms with Crippen molar-refractivity contribution in [2.24, 2.45) is 5.92 Å². The maximum absolute atomic E-state index is 12.6. The van der Waals surface area contributed by atoms with Crippen molar-refractivity contribution in [3.05, 3.63) is 78.4 Å². The number of ether oxygens (including phenoxy) is 1. The number of benzene rings is 3. The van der Waals surface area contributed by atoms with Gasteiger partial charge in [-0.25, -0.2) is 0 Å². The van der Waals surface area contributed by atoms with Crippen LogP contribution in [-0.4, -0.2) is 30.9 Å². The molecule has 0 unspecified atom stereocenters. The number of carbonyl (C=O) groups is 3. The minimum Gasteiger partial charge on any atom is -0.455 e. The van der Waals surface area contributed by atoms with Crippen LogP contribution in [0, 0.1) is 5.92 Å². The maximum Gasteiger partial charge on any atom is 0.311 e. The largest absolute Gasteiger partial charge is 0.455 e. The molecule has 2 amide bonds. The lowest BCUT2D eigenvalue weighted by Gasteiger charge is -2.19. The van der Waals surface area contributed by atoms with Crippen molar-refractivity contribution in [2.45, 2.75) is 19.4 Å². The normalized spacial score (nSPS) is 16.9. The predicted octanol–water partition coefficient (Wildman–Crippen LogP) is 3.61. The zero-order valence-electron chi connectivity index (χ0n) is 17.3. The van der Waals surface area contributed by atoms with E-state index in [4.69, 9.17) is 4.74 Å². The first kappa shape index (κ1) is 20.6. The van der Waals surface area contributed by atoms with Crippen LogP contribution in [0.3, 0.4) is 0 Å². The van der Waals surface area contributed by atoms with E-state index < -0.39 is 11.9 Å². The Morgan fingerprint density at radius 1 is 1.03 bits per heavy atom. The van der Waals surface area contributed by atoms with Gasteiger partial charge in [0.05, 0.1) is 17.6 Å². The molecule has 0 spiro atoms. The minimum atomic E-state index is -0.592. The number of rotatable bonds is 6. The molecule has 31 heavy (non-hydrogen) atoms. The van der Waals surface area contributed by atoms with Crippen LogP contribution in [0.5, 0.6) is 0 Å². The van der Waals surface area contributed by atoms with E-state index in [0.717, 1.165) is 22.0 Å². The van der Waals surface area contributed by atoms with Gasteiger partial charge in [-0.1, -0.05) is 66.7 Å². The first-order valence-corrected chi connectivity index (χ1v) is 10.3. The highest BCUT2D eigenvalue weighted by molar-refractivity contribution is 6.06. The number of amides is 2. The van der Waals surface area contributed by atoms with Gasteiger partial charge in [0.25, 0.3) is 5.91 Å². The molecule has 3 aromatic carbocycles. The molecule has 1 heterocycles. The van der Waals surface area contributed by atoms with Gasteiger partial charge in [-0.2, -0.15) is 0 Å². The average Bonchev–Trinajstić information content (AvgIpc) is 3.19. The standard InChI is InChI=1S/C25H24N2O4/c1-17(18-8-3-2-4-9-18)26-23(28)16-31-25(30)20-14-24(29)27(15-20)22-13-7-11-19-10-5-6-12-21(19)22/h2-13,17,20H,14-16H2,1H3,(H,26,28)/t17-,20+/m1/s1. The van der Waals surface area contributed by atoms with E-state index in [1.807, 2.05) is 79.7 Å². The van der Waals surface area contributed by atoms with Crippen LogP contribution in [-0.2, 0) is 19.1 Å². The summed E-state index contributed by atoms with van der Waals surface area (Å²) < 4.78 is 5.21. The molecule has 1 aliphatic heterocycles. The quantitative estimate of drug-likeness (QED) is 0.623. The van der Waals surface area contributed by atoms with E-state index >= 15 is 0 Å². The topological polar surface area (TPSA) is 75.7 Å². The summed E-state index contributed by atoms with van der Waals surface area (Å²) in [4.78, 5) is 38.9. The van der Waals surface area contributed by atoms with E-state index in [2.05, 4.69) is 5.32 Å². The third-order valence-corrected chi connectivity index (χ3v) is 5.54. The Morgan fingerprint density at radius 2 is 1.74 bits per heavy atom. The van der Waals surface area contributed by atoms with Crippen LogP contribution in [0.2, 0.25) is 0 Å². The van der Waals surface area contributed by atoms with Crippen molar-refractivity contribution < 1.29 is 19.1 Å². The third kappa shape index (κ3) is 4.58. The third-order valence-electron chi connectivity index (χ3n) is 5.54. The summed E-state index contributed by atoms with van der Waals surface area (Å²) in [6.07, 6.45) is 0.0735. The number of nitrogens with one attached hydrogen (secondary N) is 1. The Morgan fingerprint density at radius 3 is 2.55 bits per heavy atom. The van der Waals surface area contributed by atoms with Crippen molar-refractivity contribution in [3.63, 3.8) is 0 Å². The predicted molar refractivity (Wildman–Crippen MR) is 118 cm³/mol. The number of fused-ring (bicyclic) bond motifs is 1. The molecule has 2 atom stereocenters. The Labute approximate surface area is 180 Å². The second-order valence-corrected chi connectivity index (χ2v) is 7.71. The summed E-state index contributed by atoms with van der Waals surface area (Å²) in [7, 11) is 0. The molecule has 6 heteroatoms. The van der Waals surface area contributed by atoms with E-state index in [0.29, 0.717) is 0 Å². The summed E-state index contributed by atoms with van der Waals surface area (Å²) >= 11 is 0. The Bertz CT molecular complexity index is 1110. The summed E-state index contributed by atoms with van der Waals surface area (Å²) in [5, 5.41) is 4.80. The van der Waals surface area contributed by atoms with Crippen molar-refractivity contribution in [1.82, 2.24) is 5.32 Å². The number of anilines is 1. The van der Waals surface area contributed by atoms with Gasteiger partial charge in [0.2, 0.25) is 5.91 Å². The molecule has 0 aromatic heterocycles. The molecule has 3 aromatic rings. The molecule has 0 aliphatic carbocycles. The molecule has 1 fully saturated rings. The van der Waals surface area contributed by atoms with Gasteiger partial charge in [-0.15, -0.1) is 0 Å². The molecule has 0 saturated carbocycles. The number of carbonyl (C=O) groups excluding carboxylic acids is 3. The van der Waals surface area contributed by atoms with Crippen molar-refractivity contribution in [1.29, 1.82) is 0 Å². The lowest BCUT2D eigenvalue weighted by atomic mass is 10.1. The van der Waals surface area contributed by atoms with Crippen LogP contribution in [0.4, 0.5) is 5.69 Å². The molecule has 0 bridgehead atoms. The molecule has 4 rings (SSSR count). The van der Waals surface area contributed by atoms with Crippen molar-refractivity contribution in [2.75, 3.05) is 18.1 Å². The van der Waals surface area contributed by atoms with Crippen LogP contribution in [0.25, 0.3) is 10.8 Å². The molecular formula is C25H24N2O4. The smallest absolute Gasteiger partial charge is 0.311 e. The Hall–Kier alpha value is -3.67. The van der Waals surface area contributed by atoms with Crippen molar-refractivity contribution >= 4 is 34.2 Å². The Kier molecular flexibility index (Phi) is 5.98. The number of hydrogen-bond acceptors (Lipinski definition) is 4. The zero-order chi connectivity index (χ0) is 21.8. The van der Waals surface area contributed by atoms with Gasteiger partial charge in [-0.3, -0.25) is 14.4 Å². The minimum absolute atomic E-state index is 0.0735. The summed E-state index contributed by atoms with van der Waals surface area (Å²) in [6.45, 7) is 1.75. The zero-order valence-corrected chi connectivity index (χ0v) is 17.3. The van der Waals surface area contributed by atoms with Crippen LogP contribution >= 0.6 is 0 Å². The fourth-order valence-corrected chi connectivity index (χ4v) is 3.90. The average molecular weight is 416 g/mol. The van der Waals surface area contributed by atoms with Crippen LogP contribution in [0.15, 0.2) is 72.8 Å². The van der Waals surface area contributed by atoms with Gasteiger partial charge < -0.3 is 15.0 Å². The summed E-state index contributed by atoms with van der Waals surface area (Å²) in [6, 6.07) is 22.9. The van der Waals surface area contributed by atoms with Crippen LogP contribution < -0.4 is 10.2 Å². The summed E-state index contributed by atoms with van der Waals surface area (Å²) in [5.74, 6) is -1.62. The molecule has 1 N–H and O–H groups in total. The van der Waals surface area contributed by atoms with Crippen LogP contribution in [0.1, 0.15) is 24.9 Å². The lowest BCUT2D eigenvalue weighted by molar-refractivity contribution is -0.152. The van der Waals surface area contributed by atoms with Gasteiger partial charge in [0.15, 0.2) is 6.61 Å². The van der Waals surface area contributed by atoms with E-state index in [-0.39, 0.29) is 37.4 Å². The molecule has 1 saturated heterocycles. The van der Waals surface area contributed by atoms with Gasteiger partial charge >= 0.3 is 5.97 Å². The SMILES string of the molecule is C[C@@H](NC(=O)COC(=O)[C@H]1CC(=O)N(c2cccc3ccccc23)C1)c1ccccc1. The van der Waals surface area contributed by atoms with E-state index in [1.54, 1.807) is 4.90 Å². The second kappa shape index (κ2) is 9.00. The molecule has 0 radical (unpaired) electrons. The van der Waals surface area contributed by atoms with Crippen molar-refractivity contribution in [3.8, 4) is 0 Å². The highest BCUT2D eigenvalue weighted by atomic mass is 16.5. The van der Waals surface area contributed by atoms with E-state index in [1.165, 1.54) is 0 Å². The summed E-state index contributed by atoms with van der Waals surface area (Å²) in [5.41, 5.74) is 1.75. The maximum atomic E-state index is 12.6. The van der Waals surface area contributed by atoms with Gasteiger partial charge in [0.1, 0.15) is 0 Å². The molecule has 158 valence electrons. The highest BCUT2D eigenvalue weighted by Crippen LogP contribution is 2.32. The monoisotopic (exact) mass is 416 g/mol. The fraction of sp³-hybridized carbons (Fsp3) is 0.240. The Balaban J connectivity index is 1.35. The second-order valence-electron chi connectivity index (χ2n) is 7.71. The first-order chi connectivity index (χ1) is 15.0. The number of esters is 1. The molecule has 1 aliphatic rings. The fourth-order valence-electron chi connectivity index (χ4n) is 3.90. The first-order valence-electron chi connectivity index (χ1n) is 10.3. The van der Waals surface area contributed by atoms with Gasteiger partial charge in [-0.05, 0) is 23.9 Å². The van der Waals surface area contributed by atoms with E-state index in [9.17, 15) is 14.4 Å². The number of hydrogen-bond donors (Lipinski definition) is 1. The highest BCUT2D eigenvalue weighted by Gasteiger charge is 2.37. The lowest BCUT2D eigenvalue weighted by Crippen LogP contribution is -2.32. The van der Waals surface area contributed by atoms with Gasteiger partial charge in [0, 0.05) is 18.4 Å². The number of nitrogens with zero attached hydrogens (tertiary/aromatic N) is 1. The molecule has 6 nitrogen and oxygen atoms in total.